The van der Waals surface area contributed by atoms with Gasteiger partial charge in [-0.3, -0.25) is 0 Å². The molecule has 1 saturated carbocycles. The lowest BCUT2D eigenvalue weighted by atomic mass is 9.75. The molecule has 1 aliphatic carbocycles. The second-order valence-electron chi connectivity index (χ2n) is 10.3. The van der Waals surface area contributed by atoms with Crippen LogP contribution in [0.25, 0.3) is 10.2 Å². The molecule has 3 heterocycles. The Morgan fingerprint density at radius 2 is 2.03 bits per heavy atom. The van der Waals surface area contributed by atoms with Gasteiger partial charge in [-0.15, -0.1) is 0 Å². The Morgan fingerprint density at radius 3 is 2.80 bits per heavy atom. The van der Waals surface area contributed by atoms with Crippen LogP contribution in [0, 0.1) is 5.92 Å². The molecular formula is C27H35N2O5S+. The Morgan fingerprint density at radius 1 is 1.20 bits per heavy atom. The molecule has 3 atom stereocenters. The number of ether oxygens (including phenoxy) is 2. The van der Waals surface area contributed by atoms with Crippen LogP contribution < -0.4 is 4.74 Å². The van der Waals surface area contributed by atoms with E-state index in [1.807, 2.05) is 18.2 Å². The Bertz CT molecular complexity index is 1090. The van der Waals surface area contributed by atoms with Gasteiger partial charge >= 0.3 is 5.97 Å². The van der Waals surface area contributed by atoms with E-state index in [1.165, 1.54) is 6.26 Å². The number of rotatable bonds is 9. The maximum atomic E-state index is 13.4. The number of carbonyl (C=O) groups excluding carboxylic acids is 1. The first-order valence-electron chi connectivity index (χ1n) is 12.8. The number of likely N-dealkylation sites (tertiary alicyclic amines) is 1. The van der Waals surface area contributed by atoms with Crippen molar-refractivity contribution in [2.45, 2.75) is 56.7 Å². The average Bonchev–Trinajstić information content (AvgIpc) is 3.62. The molecule has 0 spiro atoms. The summed E-state index contributed by atoms with van der Waals surface area (Å²) in [6, 6.07) is 11.5. The van der Waals surface area contributed by atoms with Crippen LogP contribution in [0.4, 0.5) is 0 Å². The van der Waals surface area contributed by atoms with Crippen molar-refractivity contribution < 1.29 is 28.3 Å². The normalized spacial score (nSPS) is 24.9. The van der Waals surface area contributed by atoms with Gasteiger partial charge in [0.25, 0.3) is 5.19 Å². The van der Waals surface area contributed by atoms with Gasteiger partial charge in [0.15, 0.2) is 6.10 Å². The monoisotopic (exact) mass is 499 g/mol. The fourth-order valence-electron chi connectivity index (χ4n) is 5.67. The molecule has 2 fully saturated rings. The van der Waals surface area contributed by atoms with Crippen LogP contribution in [0.1, 0.15) is 50.7 Å². The molecule has 1 aliphatic heterocycles. The number of furan rings is 1. The third-order valence-electron chi connectivity index (χ3n) is 7.66. The number of likely N-dealkylation sites (N-methyl/N-ethyl adjacent to an activating group) is 1. The van der Waals surface area contributed by atoms with E-state index in [2.05, 4.69) is 18.1 Å². The summed E-state index contributed by atoms with van der Waals surface area (Å²) in [6.45, 7) is 3.22. The second kappa shape index (κ2) is 10.3. The topological polar surface area (TPSA) is 81.8 Å². The molecule has 1 aromatic carbocycles. The van der Waals surface area contributed by atoms with Crippen LogP contribution in [0.3, 0.4) is 0 Å². The van der Waals surface area contributed by atoms with Crippen LogP contribution in [0.15, 0.2) is 47.1 Å². The molecule has 2 unspecified atom stereocenters. The summed E-state index contributed by atoms with van der Waals surface area (Å²) in [4.78, 5) is 17.9. The number of aliphatic hydroxyl groups is 1. The molecule has 0 radical (unpaired) electrons. The highest BCUT2D eigenvalue weighted by Gasteiger charge is 2.51. The van der Waals surface area contributed by atoms with Gasteiger partial charge in [-0.25, -0.2) is 9.78 Å². The van der Waals surface area contributed by atoms with E-state index < -0.39 is 11.6 Å². The third kappa shape index (κ3) is 5.25. The molecule has 0 bridgehead atoms. The fourth-order valence-corrected chi connectivity index (χ4v) is 6.51. The Labute approximate surface area is 210 Å². The van der Waals surface area contributed by atoms with Crippen molar-refractivity contribution >= 4 is 27.5 Å². The van der Waals surface area contributed by atoms with Crippen LogP contribution in [0.2, 0.25) is 0 Å². The first-order chi connectivity index (χ1) is 17.0. The highest BCUT2D eigenvalue weighted by Crippen LogP contribution is 2.41. The first-order valence-corrected chi connectivity index (χ1v) is 13.6. The van der Waals surface area contributed by atoms with Crippen molar-refractivity contribution in [3.05, 3.63) is 48.4 Å². The minimum absolute atomic E-state index is 0.170. The number of fused-ring (bicyclic) bond motifs is 1. The van der Waals surface area contributed by atoms with E-state index in [9.17, 15) is 9.90 Å². The van der Waals surface area contributed by atoms with E-state index in [4.69, 9.17) is 13.9 Å². The number of aromatic nitrogens is 1. The van der Waals surface area contributed by atoms with Crippen LogP contribution in [0.5, 0.6) is 5.19 Å². The number of thiazole rings is 1. The summed E-state index contributed by atoms with van der Waals surface area (Å²) in [5, 5.41) is 12.3. The lowest BCUT2D eigenvalue weighted by molar-refractivity contribution is -0.899. The zero-order valence-electron chi connectivity index (χ0n) is 20.4. The quantitative estimate of drug-likeness (QED) is 0.257. The summed E-state index contributed by atoms with van der Waals surface area (Å²) < 4.78 is 19.3. The minimum Gasteiger partial charge on any atom is -0.470 e. The third-order valence-corrected chi connectivity index (χ3v) is 8.60. The van der Waals surface area contributed by atoms with Crippen molar-refractivity contribution in [1.82, 2.24) is 4.98 Å². The molecule has 35 heavy (non-hydrogen) atoms. The van der Waals surface area contributed by atoms with E-state index >= 15 is 0 Å². The van der Waals surface area contributed by atoms with Gasteiger partial charge in [0, 0.05) is 18.8 Å². The van der Waals surface area contributed by atoms with E-state index in [-0.39, 0.29) is 12.0 Å². The molecule has 0 amide bonds. The van der Waals surface area contributed by atoms with Crippen LogP contribution in [-0.2, 0) is 15.1 Å². The van der Waals surface area contributed by atoms with Crippen LogP contribution in [-0.4, -0.2) is 59.9 Å². The predicted octanol–water partition coefficient (Wildman–Crippen LogP) is 4.89. The van der Waals surface area contributed by atoms with Gasteiger partial charge in [0.05, 0.1) is 43.2 Å². The van der Waals surface area contributed by atoms with Crippen molar-refractivity contribution in [3.8, 4) is 5.19 Å². The number of quaternary nitrogens is 1. The Hall–Kier alpha value is -2.42. The second-order valence-corrected chi connectivity index (χ2v) is 11.3. The van der Waals surface area contributed by atoms with E-state index in [0.29, 0.717) is 17.6 Å². The number of para-hydroxylation sites is 1. The number of nitrogens with zero attached hydrogens (tertiary/aromatic N) is 2. The predicted molar refractivity (Wildman–Crippen MR) is 134 cm³/mol. The average molecular weight is 500 g/mol. The molecule has 5 rings (SSSR count). The van der Waals surface area contributed by atoms with Gasteiger partial charge in [-0.1, -0.05) is 42.7 Å². The van der Waals surface area contributed by atoms with Crippen molar-refractivity contribution in [3.63, 3.8) is 0 Å². The molecule has 3 aromatic rings. The molecule has 1 N–H and O–H groups in total. The summed E-state index contributed by atoms with van der Waals surface area (Å²) in [5.74, 6) is -0.426. The molecule has 2 aromatic heterocycles. The standard InChI is InChI=1S/C27H35N2O5S/c1-29(15-8-18-33-26-28-22-11-5-6-12-23(22)35-26)16-14-21(19-29)34-25(30)27(31,24-13-7-17-32-24)20-9-3-2-4-10-20/h5-7,11-13,17,20-21,31H,2-4,8-10,14-16,18-19H2,1H3/q+1/t21-,27?,29?/m1/s1. The molecule has 7 nitrogen and oxygen atoms in total. The number of hydrogen-bond acceptors (Lipinski definition) is 7. The van der Waals surface area contributed by atoms with E-state index in [0.717, 1.165) is 79.3 Å². The van der Waals surface area contributed by atoms with Gasteiger partial charge in [-0.2, -0.15) is 0 Å². The van der Waals surface area contributed by atoms with Crippen molar-refractivity contribution in [2.75, 3.05) is 33.3 Å². The molecule has 8 heteroatoms. The van der Waals surface area contributed by atoms with Gasteiger partial charge in [-0.05, 0) is 37.1 Å². The maximum absolute atomic E-state index is 13.4. The maximum Gasteiger partial charge on any atom is 0.346 e. The minimum atomic E-state index is -1.71. The molecule has 1 saturated heterocycles. The highest BCUT2D eigenvalue weighted by molar-refractivity contribution is 7.20. The van der Waals surface area contributed by atoms with Gasteiger partial charge in [0.1, 0.15) is 12.3 Å². The van der Waals surface area contributed by atoms with Crippen molar-refractivity contribution in [2.24, 2.45) is 5.92 Å². The van der Waals surface area contributed by atoms with Crippen LogP contribution >= 0.6 is 11.3 Å². The lowest BCUT2D eigenvalue weighted by Gasteiger charge is -2.35. The fraction of sp³-hybridized carbons (Fsp3) is 0.556. The lowest BCUT2D eigenvalue weighted by Crippen LogP contribution is -2.47. The molecule has 2 aliphatic rings. The number of benzene rings is 1. The number of carbonyl (C=O) groups is 1. The molecular weight excluding hydrogens is 464 g/mol. The highest BCUT2D eigenvalue weighted by atomic mass is 32.1. The van der Waals surface area contributed by atoms with Gasteiger partial charge in [0.2, 0.25) is 5.60 Å². The Kier molecular flexibility index (Phi) is 7.14. The first kappa shape index (κ1) is 24.3. The smallest absolute Gasteiger partial charge is 0.346 e. The SMILES string of the molecule is C[N+]1(CCCOc2nc3ccccc3s2)CC[C@@H](OC(=O)C(O)(c2ccco2)C2CCCCC2)C1. The zero-order chi connectivity index (χ0) is 24.3. The number of hydrogen-bond donors (Lipinski definition) is 1. The van der Waals surface area contributed by atoms with Gasteiger partial charge < -0.3 is 23.5 Å². The molecule has 188 valence electrons. The summed E-state index contributed by atoms with van der Waals surface area (Å²) in [5.41, 5.74) is -0.737. The van der Waals surface area contributed by atoms with E-state index in [1.54, 1.807) is 23.5 Å². The summed E-state index contributed by atoms with van der Waals surface area (Å²) >= 11 is 1.57. The van der Waals surface area contributed by atoms with Crippen molar-refractivity contribution in [1.29, 1.82) is 0 Å². The summed E-state index contributed by atoms with van der Waals surface area (Å²) in [6.07, 6.45) is 7.76. The summed E-state index contributed by atoms with van der Waals surface area (Å²) in [7, 11) is 2.20. The Balaban J connectivity index is 1.14. The number of esters is 1. The largest absolute Gasteiger partial charge is 0.470 e. The zero-order valence-corrected chi connectivity index (χ0v) is 21.2.